The monoisotopic (exact) mass is 394 g/mol. The number of phenols is 1. The van der Waals surface area contributed by atoms with E-state index in [0.29, 0.717) is 36.6 Å². The molecule has 2 aliphatic rings. The predicted octanol–water partition coefficient (Wildman–Crippen LogP) is 1.99. The van der Waals surface area contributed by atoms with Crippen molar-refractivity contribution in [1.82, 2.24) is 0 Å². The van der Waals surface area contributed by atoms with E-state index in [1.165, 1.54) is 4.90 Å². The molecule has 0 spiro atoms. The SMILES string of the molecule is COc1ccccc1/C=C/C=C1/Oc2c(ccc(O)c2C[NH+]2CCOCC2)C1=O. The summed E-state index contributed by atoms with van der Waals surface area (Å²) in [6.07, 6.45) is 5.28. The van der Waals surface area contributed by atoms with Gasteiger partial charge in [0.2, 0.25) is 5.78 Å². The highest BCUT2D eigenvalue weighted by molar-refractivity contribution is 6.12. The van der Waals surface area contributed by atoms with Gasteiger partial charge < -0.3 is 24.2 Å². The number of phenolic OH excluding ortho intramolecular Hbond substituents is 1. The van der Waals surface area contributed by atoms with E-state index in [0.717, 1.165) is 24.4 Å². The van der Waals surface area contributed by atoms with Crippen LogP contribution in [0.25, 0.3) is 6.08 Å². The van der Waals surface area contributed by atoms with Gasteiger partial charge in [-0.15, -0.1) is 0 Å². The third-order valence-electron chi connectivity index (χ3n) is 5.21. The third-order valence-corrected chi connectivity index (χ3v) is 5.21. The molecule has 0 bridgehead atoms. The van der Waals surface area contributed by atoms with Gasteiger partial charge in [0.1, 0.15) is 31.1 Å². The number of nitrogens with one attached hydrogen (secondary N) is 1. The number of benzene rings is 2. The molecule has 4 rings (SSSR count). The minimum absolute atomic E-state index is 0.154. The number of allylic oxidation sites excluding steroid dienone is 3. The summed E-state index contributed by atoms with van der Waals surface area (Å²) < 4.78 is 16.6. The standard InChI is InChI=1S/C23H23NO5/c1-27-20-7-3-2-5-16(20)6-4-8-21-22(26)17-9-10-19(25)18(23(17)29-21)15-24-11-13-28-14-12-24/h2-10,25H,11-15H2,1H3/p+1/b6-4+,21-8+. The lowest BCUT2D eigenvalue weighted by Gasteiger charge is -2.24. The number of para-hydroxylation sites is 1. The maximum atomic E-state index is 12.8. The highest BCUT2D eigenvalue weighted by Gasteiger charge is 2.32. The van der Waals surface area contributed by atoms with Gasteiger partial charge in [-0.1, -0.05) is 30.4 Å². The molecule has 29 heavy (non-hydrogen) atoms. The van der Waals surface area contributed by atoms with Crippen molar-refractivity contribution < 1.29 is 29.0 Å². The van der Waals surface area contributed by atoms with E-state index in [2.05, 4.69) is 0 Å². The normalized spacial score (nSPS) is 18.2. The Morgan fingerprint density at radius 2 is 1.97 bits per heavy atom. The smallest absolute Gasteiger partial charge is 0.231 e. The number of ether oxygens (including phenoxy) is 3. The van der Waals surface area contributed by atoms with Gasteiger partial charge >= 0.3 is 0 Å². The number of carbonyl (C=O) groups excluding carboxylic acids is 1. The first kappa shape index (κ1) is 19.2. The Balaban J connectivity index is 1.57. The van der Waals surface area contributed by atoms with Crippen molar-refractivity contribution in [2.75, 3.05) is 33.4 Å². The van der Waals surface area contributed by atoms with Crippen molar-refractivity contribution in [2.24, 2.45) is 0 Å². The molecule has 0 aliphatic carbocycles. The highest BCUT2D eigenvalue weighted by Crippen LogP contribution is 2.38. The van der Waals surface area contributed by atoms with Crippen LogP contribution in [0.15, 0.2) is 54.3 Å². The van der Waals surface area contributed by atoms with Gasteiger partial charge in [0, 0.05) is 5.56 Å². The summed E-state index contributed by atoms with van der Waals surface area (Å²) in [5.41, 5.74) is 2.07. The molecule has 0 saturated carbocycles. The second-order valence-electron chi connectivity index (χ2n) is 7.04. The minimum atomic E-state index is -0.178. The lowest BCUT2D eigenvalue weighted by Crippen LogP contribution is -3.12. The van der Waals surface area contributed by atoms with Crippen molar-refractivity contribution in [3.05, 3.63) is 71.0 Å². The number of quaternary nitrogens is 1. The Morgan fingerprint density at radius 1 is 1.17 bits per heavy atom. The van der Waals surface area contributed by atoms with Crippen LogP contribution in [0.2, 0.25) is 0 Å². The summed E-state index contributed by atoms with van der Waals surface area (Å²) in [6, 6.07) is 10.8. The van der Waals surface area contributed by atoms with Crippen LogP contribution in [0.5, 0.6) is 17.2 Å². The number of ketones is 1. The first-order valence-corrected chi connectivity index (χ1v) is 9.67. The predicted molar refractivity (Wildman–Crippen MR) is 108 cm³/mol. The van der Waals surface area contributed by atoms with Gasteiger partial charge in [0.15, 0.2) is 11.5 Å². The molecule has 0 aromatic heterocycles. The van der Waals surface area contributed by atoms with E-state index < -0.39 is 0 Å². The Kier molecular flexibility index (Phi) is 5.64. The fourth-order valence-corrected chi connectivity index (χ4v) is 3.61. The van der Waals surface area contributed by atoms with E-state index in [1.54, 1.807) is 31.4 Å². The average molecular weight is 394 g/mol. The van der Waals surface area contributed by atoms with E-state index in [-0.39, 0.29) is 17.3 Å². The van der Waals surface area contributed by atoms with Crippen LogP contribution in [0.4, 0.5) is 0 Å². The number of hydrogen-bond donors (Lipinski definition) is 2. The van der Waals surface area contributed by atoms with Gasteiger partial charge in [-0.3, -0.25) is 4.79 Å². The second-order valence-corrected chi connectivity index (χ2v) is 7.04. The summed E-state index contributed by atoms with van der Waals surface area (Å²) in [7, 11) is 1.62. The maximum absolute atomic E-state index is 12.8. The van der Waals surface area contributed by atoms with Gasteiger partial charge in [-0.2, -0.15) is 0 Å². The van der Waals surface area contributed by atoms with Gasteiger partial charge in [-0.05, 0) is 24.3 Å². The van der Waals surface area contributed by atoms with Crippen molar-refractivity contribution in [3.63, 3.8) is 0 Å². The zero-order valence-electron chi connectivity index (χ0n) is 16.3. The van der Waals surface area contributed by atoms with Crippen LogP contribution >= 0.6 is 0 Å². The Bertz CT molecular complexity index is 973. The van der Waals surface area contributed by atoms with Crippen LogP contribution in [-0.2, 0) is 11.3 Å². The van der Waals surface area contributed by atoms with Crippen LogP contribution in [0.1, 0.15) is 21.5 Å². The van der Waals surface area contributed by atoms with Crippen LogP contribution in [-0.4, -0.2) is 44.3 Å². The summed E-state index contributed by atoms with van der Waals surface area (Å²) >= 11 is 0. The largest absolute Gasteiger partial charge is 0.507 e. The molecule has 0 unspecified atom stereocenters. The topological polar surface area (TPSA) is 69.4 Å². The number of Topliss-reactive ketones (excluding diaryl/α,β-unsaturated/α-hetero) is 1. The molecular weight excluding hydrogens is 370 g/mol. The van der Waals surface area contributed by atoms with E-state index in [9.17, 15) is 9.90 Å². The Morgan fingerprint density at radius 3 is 2.76 bits per heavy atom. The zero-order valence-corrected chi connectivity index (χ0v) is 16.3. The van der Waals surface area contributed by atoms with E-state index in [4.69, 9.17) is 14.2 Å². The van der Waals surface area contributed by atoms with Crippen LogP contribution in [0.3, 0.4) is 0 Å². The third kappa shape index (κ3) is 4.04. The minimum Gasteiger partial charge on any atom is -0.507 e. The molecule has 0 radical (unpaired) electrons. The fraction of sp³-hybridized carbons (Fsp3) is 0.261. The number of carbonyl (C=O) groups is 1. The summed E-state index contributed by atoms with van der Waals surface area (Å²) in [4.78, 5) is 14.1. The molecule has 0 atom stereocenters. The summed E-state index contributed by atoms with van der Waals surface area (Å²) in [5.74, 6) is 1.44. The molecule has 0 amide bonds. The fourth-order valence-electron chi connectivity index (χ4n) is 3.61. The molecule has 1 fully saturated rings. The number of fused-ring (bicyclic) bond motifs is 1. The zero-order chi connectivity index (χ0) is 20.2. The number of aromatic hydroxyl groups is 1. The first-order chi connectivity index (χ1) is 14.2. The number of morpholine rings is 1. The van der Waals surface area contributed by atoms with Gasteiger partial charge in [0.05, 0.1) is 31.5 Å². The maximum Gasteiger partial charge on any atom is 0.231 e. The molecule has 150 valence electrons. The molecular formula is C23H24NO5+. The van der Waals surface area contributed by atoms with Crippen molar-refractivity contribution in [2.45, 2.75) is 6.54 Å². The van der Waals surface area contributed by atoms with Crippen LogP contribution in [0, 0.1) is 0 Å². The molecule has 6 nitrogen and oxygen atoms in total. The lowest BCUT2D eigenvalue weighted by molar-refractivity contribution is -0.921. The Hall–Kier alpha value is -3.09. The molecule has 2 aromatic carbocycles. The number of methoxy groups -OCH3 is 1. The summed E-state index contributed by atoms with van der Waals surface area (Å²) in [6.45, 7) is 3.71. The number of rotatable bonds is 5. The van der Waals surface area contributed by atoms with E-state index >= 15 is 0 Å². The highest BCUT2D eigenvalue weighted by atomic mass is 16.5. The quantitative estimate of drug-likeness (QED) is 0.759. The molecule has 1 saturated heterocycles. The average Bonchev–Trinajstić information content (AvgIpc) is 3.07. The number of hydrogen-bond acceptors (Lipinski definition) is 5. The van der Waals surface area contributed by atoms with E-state index in [1.807, 2.05) is 30.3 Å². The Labute approximate surface area is 169 Å². The van der Waals surface area contributed by atoms with Gasteiger partial charge in [0.25, 0.3) is 0 Å². The lowest BCUT2D eigenvalue weighted by atomic mass is 10.0. The first-order valence-electron chi connectivity index (χ1n) is 9.67. The molecule has 2 N–H and O–H groups in total. The summed E-state index contributed by atoms with van der Waals surface area (Å²) in [5, 5.41) is 10.4. The van der Waals surface area contributed by atoms with Gasteiger partial charge in [-0.25, -0.2) is 0 Å². The van der Waals surface area contributed by atoms with Crippen molar-refractivity contribution in [1.29, 1.82) is 0 Å². The van der Waals surface area contributed by atoms with Crippen molar-refractivity contribution in [3.8, 4) is 17.2 Å². The molecule has 2 aromatic rings. The second kappa shape index (κ2) is 8.51. The van der Waals surface area contributed by atoms with Crippen LogP contribution < -0.4 is 14.4 Å². The molecule has 6 heteroatoms. The molecule has 2 heterocycles. The molecule has 2 aliphatic heterocycles. The van der Waals surface area contributed by atoms with Crippen molar-refractivity contribution >= 4 is 11.9 Å².